The van der Waals surface area contributed by atoms with Crippen LogP contribution in [0.25, 0.3) is 0 Å². The van der Waals surface area contributed by atoms with Gasteiger partial charge in [0.2, 0.25) is 8.07 Å². The second-order valence-electron chi connectivity index (χ2n) is 5.22. The zero-order chi connectivity index (χ0) is 15.3. The van der Waals surface area contributed by atoms with E-state index in [-0.39, 0.29) is 0 Å². The molecule has 0 nitrogen and oxygen atoms in total. The first-order chi connectivity index (χ1) is 10.9. The van der Waals surface area contributed by atoms with Crippen LogP contribution in [-0.4, -0.2) is 8.07 Å². The van der Waals surface area contributed by atoms with Crippen molar-refractivity contribution in [2.75, 3.05) is 0 Å². The third kappa shape index (κ3) is 2.50. The van der Waals surface area contributed by atoms with Gasteiger partial charge in [-0.25, -0.2) is 0 Å². The van der Waals surface area contributed by atoms with E-state index in [0.29, 0.717) is 0 Å². The van der Waals surface area contributed by atoms with Crippen molar-refractivity contribution < 1.29 is 0 Å². The van der Waals surface area contributed by atoms with Crippen LogP contribution in [0, 0.1) is 11.5 Å². The van der Waals surface area contributed by atoms with Crippen LogP contribution < -0.4 is 15.6 Å². The molecule has 0 amide bonds. The van der Waals surface area contributed by atoms with Crippen LogP contribution in [0.3, 0.4) is 0 Å². The minimum Gasteiger partial charge on any atom is -0.114 e. The zero-order valence-electron chi connectivity index (χ0n) is 12.7. The van der Waals surface area contributed by atoms with Crippen molar-refractivity contribution in [3.8, 4) is 11.5 Å². The van der Waals surface area contributed by atoms with Crippen molar-refractivity contribution in [1.29, 1.82) is 0 Å². The van der Waals surface area contributed by atoms with Gasteiger partial charge in [0.15, 0.2) is 0 Å². The molecule has 0 N–H and O–H groups in total. The second kappa shape index (κ2) is 6.47. The summed E-state index contributed by atoms with van der Waals surface area (Å²) in [5.41, 5.74) is 3.63. The van der Waals surface area contributed by atoms with E-state index in [1.807, 2.05) is 6.92 Å². The molecule has 0 radical (unpaired) electrons. The molecule has 0 saturated heterocycles. The minimum atomic E-state index is -2.28. The number of rotatable bonds is 3. The van der Waals surface area contributed by atoms with Gasteiger partial charge in [-0.2, -0.15) is 0 Å². The lowest BCUT2D eigenvalue weighted by Crippen LogP contribution is -2.66. The summed E-state index contributed by atoms with van der Waals surface area (Å²) in [4.78, 5) is 0. The Morgan fingerprint density at radius 2 is 0.864 bits per heavy atom. The van der Waals surface area contributed by atoms with Gasteiger partial charge in [-0.1, -0.05) is 91.0 Å². The van der Waals surface area contributed by atoms with Crippen molar-refractivity contribution in [1.82, 2.24) is 0 Å². The second-order valence-corrected chi connectivity index (χ2v) is 8.71. The van der Waals surface area contributed by atoms with Crippen molar-refractivity contribution in [3.63, 3.8) is 0 Å². The van der Waals surface area contributed by atoms with Gasteiger partial charge in [0.25, 0.3) is 0 Å². The SMILES string of the molecule is CC#C[Si](c1ccccc1)(c1ccccc1)c1ccccc1. The van der Waals surface area contributed by atoms with Gasteiger partial charge >= 0.3 is 0 Å². The first-order valence-corrected chi connectivity index (χ1v) is 9.48. The molecule has 0 spiro atoms. The normalized spacial score (nSPS) is 10.6. The monoisotopic (exact) mass is 298 g/mol. The molecule has 0 aliphatic carbocycles. The molecule has 3 aromatic carbocycles. The Balaban J connectivity index is 2.36. The molecule has 0 atom stereocenters. The molecular weight excluding hydrogens is 280 g/mol. The van der Waals surface area contributed by atoms with Gasteiger partial charge < -0.3 is 0 Å². The summed E-state index contributed by atoms with van der Waals surface area (Å²) in [7, 11) is -2.28. The van der Waals surface area contributed by atoms with Crippen molar-refractivity contribution >= 4 is 23.6 Å². The highest BCUT2D eigenvalue weighted by molar-refractivity contribution is 7.16. The van der Waals surface area contributed by atoms with Crippen molar-refractivity contribution in [2.24, 2.45) is 0 Å². The average molecular weight is 298 g/mol. The van der Waals surface area contributed by atoms with E-state index < -0.39 is 8.07 Å². The Bertz CT molecular complexity index is 684. The molecule has 3 rings (SSSR count). The highest BCUT2D eigenvalue weighted by Crippen LogP contribution is 2.06. The summed E-state index contributed by atoms with van der Waals surface area (Å²) >= 11 is 0. The van der Waals surface area contributed by atoms with Crippen molar-refractivity contribution in [3.05, 3.63) is 91.0 Å². The van der Waals surface area contributed by atoms with Crippen LogP contribution in [0.5, 0.6) is 0 Å². The lowest BCUT2D eigenvalue weighted by Gasteiger charge is -2.28. The predicted molar refractivity (Wildman–Crippen MR) is 97.4 cm³/mol. The maximum Gasteiger partial charge on any atom is 0.229 e. The summed E-state index contributed by atoms with van der Waals surface area (Å²) in [5.74, 6) is 3.22. The van der Waals surface area contributed by atoms with Gasteiger partial charge in [0.1, 0.15) is 0 Å². The summed E-state index contributed by atoms with van der Waals surface area (Å²) in [5, 5.41) is 4.00. The first-order valence-electron chi connectivity index (χ1n) is 7.48. The molecule has 0 heterocycles. The molecule has 0 bridgehead atoms. The molecule has 0 aromatic heterocycles. The standard InChI is InChI=1S/C21H18Si/c1-2-18-22(19-12-6-3-7-13-19,20-14-8-4-9-15-20)21-16-10-5-11-17-21/h3-17H,1H3. The molecule has 106 valence electrons. The Morgan fingerprint density at radius 1 is 0.545 bits per heavy atom. The average Bonchev–Trinajstić information content (AvgIpc) is 2.62. The van der Waals surface area contributed by atoms with E-state index >= 15 is 0 Å². The maximum atomic E-state index is 3.63. The van der Waals surface area contributed by atoms with E-state index in [9.17, 15) is 0 Å². The summed E-state index contributed by atoms with van der Waals surface area (Å²) in [6.07, 6.45) is 0. The summed E-state index contributed by atoms with van der Waals surface area (Å²) < 4.78 is 0. The zero-order valence-corrected chi connectivity index (χ0v) is 13.7. The van der Waals surface area contributed by atoms with Crippen LogP contribution in [0.2, 0.25) is 0 Å². The maximum absolute atomic E-state index is 3.63. The lowest BCUT2D eigenvalue weighted by molar-refractivity contribution is 1.69. The van der Waals surface area contributed by atoms with E-state index in [0.717, 1.165) is 0 Å². The Hall–Kier alpha value is -2.56. The molecule has 0 fully saturated rings. The molecule has 22 heavy (non-hydrogen) atoms. The van der Waals surface area contributed by atoms with Crippen LogP contribution in [0.1, 0.15) is 6.92 Å². The van der Waals surface area contributed by atoms with Gasteiger partial charge in [0, 0.05) is 0 Å². The fourth-order valence-electron chi connectivity index (χ4n) is 2.97. The van der Waals surface area contributed by atoms with E-state index in [2.05, 4.69) is 102 Å². The Morgan fingerprint density at radius 3 is 1.14 bits per heavy atom. The Labute approximate surface area is 133 Å². The highest BCUT2D eigenvalue weighted by Gasteiger charge is 2.37. The minimum absolute atomic E-state index is 1.33. The fourth-order valence-corrected chi connectivity index (χ4v) is 6.85. The molecular formula is C21H18Si. The number of hydrogen-bond donors (Lipinski definition) is 0. The highest BCUT2D eigenvalue weighted by atomic mass is 28.3. The molecule has 3 aromatic rings. The van der Waals surface area contributed by atoms with E-state index in [1.165, 1.54) is 15.6 Å². The molecule has 0 saturated carbocycles. The largest absolute Gasteiger partial charge is 0.229 e. The predicted octanol–water partition coefficient (Wildman–Crippen LogP) is 2.72. The molecule has 0 unspecified atom stereocenters. The van der Waals surface area contributed by atoms with Crippen LogP contribution >= 0.6 is 0 Å². The Kier molecular flexibility index (Phi) is 4.23. The number of hydrogen-bond acceptors (Lipinski definition) is 0. The van der Waals surface area contributed by atoms with Crippen molar-refractivity contribution in [2.45, 2.75) is 6.92 Å². The molecule has 0 aliphatic heterocycles. The lowest BCUT2D eigenvalue weighted by atomic mass is 10.3. The van der Waals surface area contributed by atoms with E-state index in [1.54, 1.807) is 0 Å². The third-order valence-electron chi connectivity index (χ3n) is 3.93. The third-order valence-corrected chi connectivity index (χ3v) is 8.16. The van der Waals surface area contributed by atoms with Gasteiger partial charge in [-0.3, -0.25) is 0 Å². The fraction of sp³-hybridized carbons (Fsp3) is 0.0476. The number of benzene rings is 3. The van der Waals surface area contributed by atoms with E-state index in [4.69, 9.17) is 0 Å². The summed E-state index contributed by atoms with van der Waals surface area (Å²) in [6.45, 7) is 1.94. The molecule has 1 heteroatoms. The van der Waals surface area contributed by atoms with Crippen LogP contribution in [0.15, 0.2) is 91.0 Å². The quantitative estimate of drug-likeness (QED) is 0.396. The van der Waals surface area contributed by atoms with Gasteiger partial charge in [-0.05, 0) is 22.5 Å². The van der Waals surface area contributed by atoms with Crippen LogP contribution in [0.4, 0.5) is 0 Å². The smallest absolute Gasteiger partial charge is 0.114 e. The van der Waals surface area contributed by atoms with Crippen LogP contribution in [-0.2, 0) is 0 Å². The van der Waals surface area contributed by atoms with Gasteiger partial charge in [0.05, 0.1) is 0 Å². The van der Waals surface area contributed by atoms with Gasteiger partial charge in [-0.15, -0.1) is 11.5 Å². The first kappa shape index (κ1) is 14.4. The molecule has 0 aliphatic rings. The topological polar surface area (TPSA) is 0 Å². The summed E-state index contributed by atoms with van der Waals surface area (Å²) in [6, 6.07) is 32.2.